The van der Waals surface area contributed by atoms with E-state index in [1.807, 2.05) is 0 Å². The van der Waals surface area contributed by atoms with Crippen LogP contribution >= 0.6 is 0 Å². The van der Waals surface area contributed by atoms with Crippen LogP contribution in [0.15, 0.2) is 35.4 Å². The third-order valence-electron chi connectivity index (χ3n) is 4.97. The highest BCUT2D eigenvalue weighted by Crippen LogP contribution is 2.35. The number of carbonyl (C=O) groups excluding carboxylic acids is 1. The number of sulfone groups is 1. The van der Waals surface area contributed by atoms with Gasteiger partial charge in [0.1, 0.15) is 5.56 Å². The summed E-state index contributed by atoms with van der Waals surface area (Å²) < 4.78 is 49.8. The molecule has 12 heteroatoms. The standard InChI is InChI=1S/C18H19F2N5O4S/c19-18(20)30(28,29)13-4-1-11(2-5-13)23-17-14(16(22)27)9-25(24-17)15-6-3-12(26)7-10(15)8-21/h1-2,4-5,9-10,12,15,18,26H,3,6-7H2,(H2,22,27)(H,23,24)/t10-,12-,15?/m1/s1. The molecule has 0 aliphatic heterocycles. The van der Waals surface area contributed by atoms with E-state index >= 15 is 0 Å². The summed E-state index contributed by atoms with van der Waals surface area (Å²) in [7, 11) is -4.72. The fraction of sp³-hybridized carbons (Fsp3) is 0.389. The summed E-state index contributed by atoms with van der Waals surface area (Å²) in [4.78, 5) is 11.3. The van der Waals surface area contributed by atoms with Crippen LogP contribution in [-0.2, 0) is 9.84 Å². The van der Waals surface area contributed by atoms with E-state index in [0.29, 0.717) is 18.5 Å². The lowest BCUT2D eigenvalue weighted by atomic mass is 9.84. The Morgan fingerprint density at radius 3 is 2.57 bits per heavy atom. The van der Waals surface area contributed by atoms with Crippen LogP contribution in [-0.4, -0.2) is 41.1 Å². The average molecular weight is 439 g/mol. The Morgan fingerprint density at radius 1 is 1.33 bits per heavy atom. The highest BCUT2D eigenvalue weighted by molar-refractivity contribution is 7.91. The van der Waals surface area contributed by atoms with Crippen molar-refractivity contribution in [2.24, 2.45) is 11.7 Å². The topological polar surface area (TPSA) is 151 Å². The van der Waals surface area contributed by atoms with Crippen LogP contribution in [0.4, 0.5) is 20.3 Å². The smallest absolute Gasteiger partial charge is 0.341 e. The van der Waals surface area contributed by atoms with Crippen LogP contribution < -0.4 is 11.1 Å². The van der Waals surface area contributed by atoms with E-state index < -0.39 is 38.4 Å². The molecule has 1 aliphatic carbocycles. The number of nitriles is 1. The first-order valence-corrected chi connectivity index (χ1v) is 10.5. The van der Waals surface area contributed by atoms with Gasteiger partial charge in [0.15, 0.2) is 5.82 Å². The first-order chi connectivity index (χ1) is 14.1. The highest BCUT2D eigenvalue weighted by Gasteiger charge is 2.32. The minimum atomic E-state index is -4.72. The molecule has 1 heterocycles. The van der Waals surface area contributed by atoms with Crippen molar-refractivity contribution in [3.63, 3.8) is 0 Å². The second-order valence-electron chi connectivity index (χ2n) is 6.96. The highest BCUT2D eigenvalue weighted by atomic mass is 32.2. The molecule has 0 bridgehead atoms. The maximum Gasteiger partial charge on any atom is 0.341 e. The molecular formula is C18H19F2N5O4S. The number of nitrogens with two attached hydrogens (primary N) is 1. The number of hydrogen-bond acceptors (Lipinski definition) is 7. The van der Waals surface area contributed by atoms with Gasteiger partial charge in [-0.2, -0.15) is 19.1 Å². The Labute approximate surface area is 171 Å². The third kappa shape index (κ3) is 4.27. The molecule has 0 saturated heterocycles. The summed E-state index contributed by atoms with van der Waals surface area (Å²) in [6.07, 6.45) is 2.09. The van der Waals surface area contributed by atoms with Gasteiger partial charge in [-0.25, -0.2) is 8.42 Å². The number of nitrogens with zero attached hydrogens (tertiary/aromatic N) is 3. The van der Waals surface area contributed by atoms with Crippen molar-refractivity contribution in [1.82, 2.24) is 9.78 Å². The molecule has 1 saturated carbocycles. The lowest BCUT2D eigenvalue weighted by Gasteiger charge is -2.30. The SMILES string of the molecule is N#C[C@H]1C[C@H](O)CCC1n1cc(C(N)=O)c(Nc2ccc(S(=O)(=O)C(F)F)cc2)n1. The van der Waals surface area contributed by atoms with E-state index in [-0.39, 0.29) is 23.8 Å². The molecule has 0 spiro atoms. The van der Waals surface area contributed by atoms with Crippen molar-refractivity contribution in [2.75, 3.05) is 5.32 Å². The van der Waals surface area contributed by atoms with Crippen LogP contribution in [0.2, 0.25) is 0 Å². The van der Waals surface area contributed by atoms with Crippen molar-refractivity contribution >= 4 is 27.2 Å². The number of aliphatic hydroxyl groups is 1. The molecule has 3 rings (SSSR count). The fourth-order valence-corrected chi connectivity index (χ4v) is 4.11. The Hall–Kier alpha value is -3.04. The molecule has 0 radical (unpaired) electrons. The first-order valence-electron chi connectivity index (χ1n) is 8.99. The molecular weight excluding hydrogens is 420 g/mol. The van der Waals surface area contributed by atoms with Gasteiger partial charge in [0.05, 0.1) is 29.0 Å². The quantitative estimate of drug-likeness (QED) is 0.622. The van der Waals surface area contributed by atoms with Crippen LogP contribution in [0, 0.1) is 17.2 Å². The Bertz CT molecular complexity index is 1080. The van der Waals surface area contributed by atoms with Gasteiger partial charge in [-0.3, -0.25) is 9.48 Å². The van der Waals surface area contributed by atoms with Crippen molar-refractivity contribution in [3.8, 4) is 6.07 Å². The van der Waals surface area contributed by atoms with Gasteiger partial charge in [0.2, 0.25) is 9.84 Å². The number of rotatable bonds is 6. The minimum Gasteiger partial charge on any atom is -0.393 e. The summed E-state index contributed by atoms with van der Waals surface area (Å²) in [6.45, 7) is 0. The first kappa shape index (κ1) is 21.7. The van der Waals surface area contributed by atoms with E-state index in [9.17, 15) is 32.4 Å². The second-order valence-corrected chi connectivity index (χ2v) is 8.88. The van der Waals surface area contributed by atoms with E-state index in [2.05, 4.69) is 16.5 Å². The molecule has 160 valence electrons. The molecule has 1 aliphatic rings. The molecule has 1 aromatic carbocycles. The molecule has 2 aromatic rings. The fourth-order valence-electron chi connectivity index (χ4n) is 3.39. The molecule has 4 N–H and O–H groups in total. The van der Waals surface area contributed by atoms with Gasteiger partial charge >= 0.3 is 5.76 Å². The van der Waals surface area contributed by atoms with Gasteiger partial charge in [-0.15, -0.1) is 0 Å². The van der Waals surface area contributed by atoms with Crippen LogP contribution in [0.25, 0.3) is 0 Å². The van der Waals surface area contributed by atoms with E-state index in [1.54, 1.807) is 0 Å². The van der Waals surface area contributed by atoms with Gasteiger partial charge in [-0.1, -0.05) is 0 Å². The number of halogens is 2. The Kier molecular flexibility index (Phi) is 6.04. The number of aromatic nitrogens is 2. The lowest BCUT2D eigenvalue weighted by molar-refractivity contribution is 0.0861. The van der Waals surface area contributed by atoms with E-state index in [0.717, 1.165) is 12.1 Å². The number of amides is 1. The van der Waals surface area contributed by atoms with Crippen LogP contribution in [0.3, 0.4) is 0 Å². The Balaban J connectivity index is 1.88. The van der Waals surface area contributed by atoms with E-state index in [1.165, 1.54) is 23.0 Å². The molecule has 1 amide bonds. The average Bonchev–Trinajstić information content (AvgIpc) is 3.12. The summed E-state index contributed by atoms with van der Waals surface area (Å²) in [6, 6.07) is 6.33. The monoisotopic (exact) mass is 439 g/mol. The number of aliphatic hydroxyl groups excluding tert-OH is 1. The number of hydrogen-bond donors (Lipinski definition) is 3. The van der Waals surface area contributed by atoms with Crippen LogP contribution in [0.5, 0.6) is 0 Å². The van der Waals surface area contributed by atoms with Crippen molar-refractivity contribution < 1.29 is 27.1 Å². The number of carbonyl (C=O) groups is 1. The largest absolute Gasteiger partial charge is 0.393 e. The third-order valence-corrected chi connectivity index (χ3v) is 6.37. The molecule has 1 unspecified atom stereocenters. The number of alkyl halides is 2. The predicted octanol–water partition coefficient (Wildman–Crippen LogP) is 1.95. The summed E-state index contributed by atoms with van der Waals surface area (Å²) >= 11 is 0. The summed E-state index contributed by atoms with van der Waals surface area (Å²) in [5, 5.41) is 26.3. The zero-order valence-electron chi connectivity index (χ0n) is 15.6. The number of benzene rings is 1. The summed E-state index contributed by atoms with van der Waals surface area (Å²) in [5.74, 6) is -4.73. The van der Waals surface area contributed by atoms with Crippen molar-refractivity contribution in [3.05, 3.63) is 36.0 Å². The predicted molar refractivity (Wildman–Crippen MR) is 102 cm³/mol. The van der Waals surface area contributed by atoms with Gasteiger partial charge < -0.3 is 16.2 Å². The lowest BCUT2D eigenvalue weighted by Crippen LogP contribution is -2.29. The van der Waals surface area contributed by atoms with Gasteiger partial charge in [0.25, 0.3) is 5.91 Å². The molecule has 1 aromatic heterocycles. The van der Waals surface area contributed by atoms with E-state index in [4.69, 9.17) is 5.73 Å². The zero-order chi connectivity index (χ0) is 22.1. The summed E-state index contributed by atoms with van der Waals surface area (Å²) in [5.41, 5.74) is 5.76. The zero-order valence-corrected chi connectivity index (χ0v) is 16.4. The minimum absolute atomic E-state index is 0.0436. The van der Waals surface area contributed by atoms with Gasteiger partial charge in [-0.05, 0) is 43.5 Å². The van der Waals surface area contributed by atoms with Gasteiger partial charge in [0, 0.05) is 11.9 Å². The van der Waals surface area contributed by atoms with Crippen molar-refractivity contribution in [1.29, 1.82) is 5.26 Å². The molecule has 30 heavy (non-hydrogen) atoms. The normalized spacial score (nSPS) is 21.9. The molecule has 1 fully saturated rings. The van der Waals surface area contributed by atoms with Crippen molar-refractivity contribution in [2.45, 2.75) is 42.1 Å². The Morgan fingerprint density at radius 2 is 2.00 bits per heavy atom. The van der Waals surface area contributed by atoms with Crippen LogP contribution in [0.1, 0.15) is 35.7 Å². The number of primary amides is 1. The molecule has 3 atom stereocenters. The maximum atomic E-state index is 12.6. The second kappa shape index (κ2) is 8.37. The number of anilines is 2. The number of nitrogens with one attached hydrogen (secondary N) is 1. The maximum absolute atomic E-state index is 12.6. The molecule has 9 nitrogen and oxygen atoms in total.